The van der Waals surface area contributed by atoms with Gasteiger partial charge in [0.15, 0.2) is 0 Å². The number of nitrogens with one attached hydrogen (secondary N) is 1. The molecule has 2 rings (SSSR count). The molecule has 4 unspecified atom stereocenters. The van der Waals surface area contributed by atoms with Crippen molar-refractivity contribution in [2.45, 2.75) is 51.7 Å². The molecule has 0 saturated heterocycles. The van der Waals surface area contributed by atoms with Gasteiger partial charge in [0.25, 0.3) is 0 Å². The van der Waals surface area contributed by atoms with Crippen LogP contribution in [-0.4, -0.2) is 29.4 Å². The number of amides is 1. The van der Waals surface area contributed by atoms with Crippen LogP contribution < -0.4 is 5.32 Å². The Morgan fingerprint density at radius 1 is 1.41 bits per heavy atom. The summed E-state index contributed by atoms with van der Waals surface area (Å²) in [5.74, 6) is 1.49. The van der Waals surface area contributed by atoms with Crippen molar-refractivity contribution in [3.8, 4) is 0 Å². The number of hydrogen-bond donors (Lipinski definition) is 2. The van der Waals surface area contributed by atoms with Crippen molar-refractivity contribution in [1.29, 1.82) is 0 Å². The van der Waals surface area contributed by atoms with Crippen molar-refractivity contribution in [3.05, 3.63) is 0 Å². The highest BCUT2D eigenvalue weighted by atomic mass is 16.6. The van der Waals surface area contributed by atoms with Gasteiger partial charge in [-0.25, -0.2) is 4.79 Å². The molecule has 0 aromatic rings. The Labute approximate surface area is 103 Å². The van der Waals surface area contributed by atoms with E-state index in [0.29, 0.717) is 17.8 Å². The summed E-state index contributed by atoms with van der Waals surface area (Å²) in [5, 5.41) is 12.2. The summed E-state index contributed by atoms with van der Waals surface area (Å²) in [7, 11) is 0. The van der Waals surface area contributed by atoms with Crippen molar-refractivity contribution in [2.75, 3.05) is 6.61 Å². The molecular weight excluding hydrogens is 218 g/mol. The summed E-state index contributed by atoms with van der Waals surface area (Å²) < 4.78 is 5.26. The van der Waals surface area contributed by atoms with Crippen LogP contribution in [-0.2, 0) is 4.74 Å². The maximum absolute atomic E-state index is 11.7. The summed E-state index contributed by atoms with van der Waals surface area (Å²) in [6.45, 7) is 5.85. The lowest BCUT2D eigenvalue weighted by atomic mass is 9.96. The van der Waals surface area contributed by atoms with Crippen LogP contribution in [0.2, 0.25) is 0 Å². The number of carbonyl (C=O) groups excluding carboxylic acids is 1. The fourth-order valence-electron chi connectivity index (χ4n) is 3.13. The number of fused-ring (bicyclic) bond motifs is 1. The van der Waals surface area contributed by atoms with Crippen LogP contribution in [0.1, 0.15) is 40.0 Å². The van der Waals surface area contributed by atoms with Crippen LogP contribution in [0, 0.1) is 17.8 Å². The van der Waals surface area contributed by atoms with E-state index in [9.17, 15) is 9.90 Å². The zero-order valence-corrected chi connectivity index (χ0v) is 10.9. The second-order valence-corrected chi connectivity index (χ2v) is 6.27. The van der Waals surface area contributed by atoms with E-state index < -0.39 is 5.60 Å². The van der Waals surface area contributed by atoms with Gasteiger partial charge < -0.3 is 15.2 Å². The Morgan fingerprint density at radius 3 is 2.71 bits per heavy atom. The first-order valence-electron chi connectivity index (χ1n) is 6.53. The molecule has 2 aliphatic rings. The lowest BCUT2D eigenvalue weighted by Gasteiger charge is -2.25. The number of aliphatic hydroxyl groups is 1. The van der Waals surface area contributed by atoms with Gasteiger partial charge in [-0.15, -0.1) is 0 Å². The number of ether oxygens (including phenoxy) is 1. The summed E-state index contributed by atoms with van der Waals surface area (Å²) in [6, 6.07) is 0.195. The average Bonchev–Trinajstić information content (AvgIpc) is 2.89. The van der Waals surface area contributed by atoms with Gasteiger partial charge >= 0.3 is 6.09 Å². The number of aliphatic hydroxyl groups excluding tert-OH is 1. The number of carbonyl (C=O) groups is 1. The Hall–Kier alpha value is -0.770. The summed E-state index contributed by atoms with van der Waals surface area (Å²) in [5.41, 5.74) is -0.446. The molecule has 0 aliphatic heterocycles. The smallest absolute Gasteiger partial charge is 0.407 e. The van der Waals surface area contributed by atoms with Crippen LogP contribution in [0.4, 0.5) is 4.79 Å². The Bertz CT molecular complexity index is 294. The molecule has 0 aromatic heterocycles. The largest absolute Gasteiger partial charge is 0.444 e. The Morgan fingerprint density at radius 2 is 2.12 bits per heavy atom. The number of alkyl carbamates (subject to hydrolysis) is 1. The SMILES string of the molecule is CC(C)(C)OC(=O)NC1CCCC2C(CO)C12. The second-order valence-electron chi connectivity index (χ2n) is 6.27. The molecule has 0 aromatic carbocycles. The van der Waals surface area contributed by atoms with Crippen molar-refractivity contribution in [2.24, 2.45) is 17.8 Å². The third kappa shape index (κ3) is 2.92. The molecule has 98 valence electrons. The molecule has 2 N–H and O–H groups in total. The van der Waals surface area contributed by atoms with Crippen LogP contribution in [0.15, 0.2) is 0 Å². The zero-order chi connectivity index (χ0) is 12.6. The first-order valence-corrected chi connectivity index (χ1v) is 6.53. The molecule has 1 amide bonds. The van der Waals surface area contributed by atoms with Gasteiger partial charge in [-0.3, -0.25) is 0 Å². The molecule has 0 bridgehead atoms. The first kappa shape index (κ1) is 12.7. The Balaban J connectivity index is 1.85. The third-order valence-electron chi connectivity index (χ3n) is 3.83. The maximum atomic E-state index is 11.7. The van der Waals surface area contributed by atoms with E-state index in [1.807, 2.05) is 20.8 Å². The van der Waals surface area contributed by atoms with E-state index in [4.69, 9.17) is 4.74 Å². The lowest BCUT2D eigenvalue weighted by Crippen LogP contribution is -2.41. The minimum absolute atomic E-state index is 0.195. The topological polar surface area (TPSA) is 58.6 Å². The highest BCUT2D eigenvalue weighted by molar-refractivity contribution is 5.68. The standard InChI is InChI=1S/C13H23NO3/c1-13(2,3)17-12(16)14-10-6-4-5-8-9(7-15)11(8)10/h8-11,15H,4-7H2,1-3H3,(H,14,16). The highest BCUT2D eigenvalue weighted by Crippen LogP contribution is 2.55. The summed E-state index contributed by atoms with van der Waals surface area (Å²) in [4.78, 5) is 11.7. The minimum atomic E-state index is -0.446. The minimum Gasteiger partial charge on any atom is -0.444 e. The van der Waals surface area contributed by atoms with E-state index in [1.54, 1.807) is 0 Å². The summed E-state index contributed by atoms with van der Waals surface area (Å²) >= 11 is 0. The number of hydrogen-bond acceptors (Lipinski definition) is 3. The van der Waals surface area contributed by atoms with E-state index in [-0.39, 0.29) is 18.7 Å². The van der Waals surface area contributed by atoms with E-state index >= 15 is 0 Å². The van der Waals surface area contributed by atoms with Crippen LogP contribution in [0.25, 0.3) is 0 Å². The van der Waals surface area contributed by atoms with Gasteiger partial charge in [0, 0.05) is 12.6 Å². The first-order chi connectivity index (χ1) is 7.92. The normalized spacial score (nSPS) is 36.0. The van der Waals surface area contributed by atoms with Crippen LogP contribution in [0.5, 0.6) is 0 Å². The van der Waals surface area contributed by atoms with Crippen molar-refractivity contribution in [1.82, 2.24) is 5.32 Å². The molecule has 4 atom stereocenters. The lowest BCUT2D eigenvalue weighted by molar-refractivity contribution is 0.0486. The highest BCUT2D eigenvalue weighted by Gasteiger charge is 2.55. The molecular formula is C13H23NO3. The number of rotatable bonds is 2. The van der Waals surface area contributed by atoms with Crippen LogP contribution >= 0.6 is 0 Å². The predicted molar refractivity (Wildman–Crippen MR) is 64.6 cm³/mol. The molecule has 4 heteroatoms. The van der Waals surface area contributed by atoms with E-state index in [0.717, 1.165) is 12.8 Å². The molecule has 0 radical (unpaired) electrons. The van der Waals surface area contributed by atoms with Crippen molar-refractivity contribution in [3.63, 3.8) is 0 Å². The fraction of sp³-hybridized carbons (Fsp3) is 0.923. The molecule has 4 nitrogen and oxygen atoms in total. The van der Waals surface area contributed by atoms with E-state index in [1.165, 1.54) is 6.42 Å². The van der Waals surface area contributed by atoms with Gasteiger partial charge in [-0.05, 0) is 51.4 Å². The quantitative estimate of drug-likeness (QED) is 0.776. The van der Waals surface area contributed by atoms with E-state index in [2.05, 4.69) is 5.32 Å². The molecule has 0 heterocycles. The second kappa shape index (κ2) is 4.48. The maximum Gasteiger partial charge on any atom is 0.407 e. The monoisotopic (exact) mass is 241 g/mol. The molecule has 2 saturated carbocycles. The Kier molecular flexibility index (Phi) is 3.34. The molecule has 0 spiro atoms. The van der Waals surface area contributed by atoms with Gasteiger partial charge in [0.2, 0.25) is 0 Å². The average molecular weight is 241 g/mol. The van der Waals surface area contributed by atoms with Gasteiger partial charge in [-0.1, -0.05) is 6.42 Å². The molecule has 2 aliphatic carbocycles. The van der Waals surface area contributed by atoms with Crippen molar-refractivity contribution < 1.29 is 14.6 Å². The van der Waals surface area contributed by atoms with Gasteiger partial charge in [-0.2, -0.15) is 0 Å². The fourth-order valence-corrected chi connectivity index (χ4v) is 3.13. The summed E-state index contributed by atoms with van der Waals surface area (Å²) in [6.07, 6.45) is 3.02. The van der Waals surface area contributed by atoms with Gasteiger partial charge in [0.05, 0.1) is 0 Å². The third-order valence-corrected chi connectivity index (χ3v) is 3.83. The molecule has 17 heavy (non-hydrogen) atoms. The predicted octanol–water partition coefficient (Wildman–Crippen LogP) is 1.92. The van der Waals surface area contributed by atoms with Crippen LogP contribution in [0.3, 0.4) is 0 Å². The molecule has 2 fully saturated rings. The zero-order valence-electron chi connectivity index (χ0n) is 10.9. The van der Waals surface area contributed by atoms with Crippen molar-refractivity contribution >= 4 is 6.09 Å². The van der Waals surface area contributed by atoms with Gasteiger partial charge in [0.1, 0.15) is 5.60 Å².